The molecule has 0 N–H and O–H groups in total. The van der Waals surface area contributed by atoms with Crippen molar-refractivity contribution in [3.8, 4) is 0 Å². The fourth-order valence-corrected chi connectivity index (χ4v) is 5.08. The summed E-state index contributed by atoms with van der Waals surface area (Å²) in [6, 6.07) is 10.9. The second-order valence-corrected chi connectivity index (χ2v) is 9.31. The molecule has 0 bridgehead atoms. The fourth-order valence-electron chi connectivity index (χ4n) is 5.08. The van der Waals surface area contributed by atoms with Crippen molar-refractivity contribution >= 4 is 28.6 Å². The van der Waals surface area contributed by atoms with E-state index in [1.54, 1.807) is 23.1 Å². The smallest absolute Gasteiger partial charge is 0.369 e. The van der Waals surface area contributed by atoms with E-state index in [0.717, 1.165) is 17.2 Å². The van der Waals surface area contributed by atoms with Gasteiger partial charge in [-0.3, -0.25) is 19.4 Å². The van der Waals surface area contributed by atoms with Gasteiger partial charge in [0.1, 0.15) is 0 Å². The molecule has 5 nitrogen and oxygen atoms in total. The summed E-state index contributed by atoms with van der Waals surface area (Å²) in [5.74, 6) is -0.961. The van der Waals surface area contributed by atoms with Gasteiger partial charge in [-0.1, -0.05) is 24.3 Å². The molecule has 0 atom stereocenters. The largest absolute Gasteiger partial charge is 0.416 e. The number of Topliss-reactive ketones (excluding diaryl/α,β-unsaturated/α-hetero) is 1. The van der Waals surface area contributed by atoms with Crippen LogP contribution in [0.3, 0.4) is 0 Å². The lowest BCUT2D eigenvalue weighted by atomic mass is 9.88. The number of hydrogen-bond donors (Lipinski definition) is 0. The molecule has 2 aromatic carbocycles. The van der Waals surface area contributed by atoms with Gasteiger partial charge in [0.25, 0.3) is 11.7 Å². The molecular weight excluding hydrogens is 431 g/mol. The molecule has 1 amide bonds. The summed E-state index contributed by atoms with van der Waals surface area (Å²) in [4.78, 5) is 30.9. The molecule has 8 heteroatoms. The van der Waals surface area contributed by atoms with Crippen molar-refractivity contribution in [2.24, 2.45) is 0 Å². The highest BCUT2D eigenvalue weighted by Crippen LogP contribution is 2.45. The Morgan fingerprint density at radius 3 is 2.30 bits per heavy atom. The average molecular weight is 455 g/mol. The van der Waals surface area contributed by atoms with Gasteiger partial charge in [0, 0.05) is 44.0 Å². The quantitative estimate of drug-likeness (QED) is 0.650. The molecule has 172 valence electrons. The number of ketones is 1. The molecule has 5 rings (SSSR count). The van der Waals surface area contributed by atoms with Gasteiger partial charge in [0.15, 0.2) is 0 Å². The molecule has 0 aliphatic carbocycles. The SMILES string of the molecule is CC1(C)C=C(CN2CCN(c3cccc(C(F)(F)F)c3)CC2)c2cccc3c2N1C(=O)C3=O. The number of carbonyl (C=O) groups is 2. The molecule has 1 fully saturated rings. The fraction of sp³-hybridized carbons (Fsp3) is 0.360. The zero-order valence-corrected chi connectivity index (χ0v) is 18.4. The minimum atomic E-state index is -4.36. The van der Waals surface area contributed by atoms with Crippen molar-refractivity contribution in [1.82, 2.24) is 4.90 Å². The van der Waals surface area contributed by atoms with Crippen molar-refractivity contribution in [3.63, 3.8) is 0 Å². The predicted molar refractivity (Wildman–Crippen MR) is 120 cm³/mol. The Morgan fingerprint density at radius 1 is 0.939 bits per heavy atom. The van der Waals surface area contributed by atoms with E-state index in [4.69, 9.17) is 0 Å². The van der Waals surface area contributed by atoms with Crippen LogP contribution < -0.4 is 9.80 Å². The average Bonchev–Trinajstić information content (AvgIpc) is 3.04. The van der Waals surface area contributed by atoms with Crippen LogP contribution in [0.15, 0.2) is 48.5 Å². The Morgan fingerprint density at radius 2 is 1.61 bits per heavy atom. The summed E-state index contributed by atoms with van der Waals surface area (Å²) in [6.45, 7) is 7.13. The third-order valence-corrected chi connectivity index (χ3v) is 6.66. The maximum atomic E-state index is 13.1. The maximum Gasteiger partial charge on any atom is 0.416 e. The van der Waals surface area contributed by atoms with E-state index in [1.165, 1.54) is 12.1 Å². The van der Waals surface area contributed by atoms with Crippen molar-refractivity contribution in [1.29, 1.82) is 0 Å². The Bertz CT molecular complexity index is 1180. The van der Waals surface area contributed by atoms with Crippen LogP contribution in [0.25, 0.3) is 5.57 Å². The van der Waals surface area contributed by atoms with E-state index < -0.39 is 29.0 Å². The monoisotopic (exact) mass is 455 g/mol. The molecule has 2 aromatic rings. The van der Waals surface area contributed by atoms with Crippen LogP contribution in [0.1, 0.15) is 35.3 Å². The topological polar surface area (TPSA) is 43.9 Å². The molecule has 0 aromatic heterocycles. The van der Waals surface area contributed by atoms with Crippen molar-refractivity contribution in [3.05, 3.63) is 65.2 Å². The molecule has 3 aliphatic heterocycles. The lowest BCUT2D eigenvalue weighted by Gasteiger charge is -2.41. The van der Waals surface area contributed by atoms with E-state index in [-0.39, 0.29) is 0 Å². The molecule has 3 heterocycles. The molecule has 0 spiro atoms. The van der Waals surface area contributed by atoms with Crippen LogP contribution in [0.4, 0.5) is 24.5 Å². The number of alkyl halides is 3. The van der Waals surface area contributed by atoms with Crippen LogP contribution in [-0.2, 0) is 11.0 Å². The van der Waals surface area contributed by atoms with Crippen LogP contribution in [0, 0.1) is 0 Å². The summed E-state index contributed by atoms with van der Waals surface area (Å²) in [6.07, 6.45) is -2.31. The Hall–Kier alpha value is -3.13. The lowest BCUT2D eigenvalue weighted by Crippen LogP contribution is -2.49. The first kappa shape index (κ1) is 21.7. The zero-order chi connectivity index (χ0) is 23.5. The van der Waals surface area contributed by atoms with E-state index >= 15 is 0 Å². The second-order valence-electron chi connectivity index (χ2n) is 9.31. The van der Waals surface area contributed by atoms with Crippen molar-refractivity contribution in [2.45, 2.75) is 25.6 Å². The van der Waals surface area contributed by atoms with Gasteiger partial charge in [-0.2, -0.15) is 13.2 Å². The number of amides is 1. The predicted octanol–water partition coefficient (Wildman–Crippen LogP) is 4.23. The van der Waals surface area contributed by atoms with Gasteiger partial charge in [0.05, 0.1) is 22.4 Å². The Kier molecular flexibility index (Phi) is 4.90. The molecular formula is C25H24F3N3O2. The van der Waals surface area contributed by atoms with Crippen molar-refractivity contribution in [2.75, 3.05) is 42.5 Å². The van der Waals surface area contributed by atoms with Gasteiger partial charge in [-0.15, -0.1) is 0 Å². The summed E-state index contributed by atoms with van der Waals surface area (Å²) in [5.41, 5.74) is 2.42. The Balaban J connectivity index is 1.34. The van der Waals surface area contributed by atoms with Crippen LogP contribution in [-0.4, -0.2) is 54.9 Å². The van der Waals surface area contributed by atoms with E-state index in [1.807, 2.05) is 24.8 Å². The molecule has 3 aliphatic rings. The maximum absolute atomic E-state index is 13.1. The first-order valence-electron chi connectivity index (χ1n) is 10.9. The van der Waals surface area contributed by atoms with Gasteiger partial charge in [-0.05, 0) is 43.7 Å². The normalized spacial score (nSPS) is 20.2. The van der Waals surface area contributed by atoms with Crippen molar-refractivity contribution < 1.29 is 22.8 Å². The van der Waals surface area contributed by atoms with Gasteiger partial charge < -0.3 is 4.90 Å². The number of nitrogens with zero attached hydrogens (tertiary/aromatic N) is 3. The van der Waals surface area contributed by atoms with E-state index in [9.17, 15) is 22.8 Å². The lowest BCUT2D eigenvalue weighted by molar-refractivity contribution is -0.137. The second kappa shape index (κ2) is 7.45. The number of anilines is 2. The summed E-state index contributed by atoms with van der Waals surface area (Å²) < 4.78 is 39.2. The molecule has 0 unspecified atom stereocenters. The zero-order valence-electron chi connectivity index (χ0n) is 18.4. The number of hydrogen-bond acceptors (Lipinski definition) is 4. The third kappa shape index (κ3) is 3.62. The third-order valence-electron chi connectivity index (χ3n) is 6.66. The summed E-state index contributed by atoms with van der Waals surface area (Å²) >= 11 is 0. The number of rotatable bonds is 3. The number of halogens is 3. The molecule has 0 radical (unpaired) electrons. The minimum Gasteiger partial charge on any atom is -0.369 e. The highest BCUT2D eigenvalue weighted by Gasteiger charge is 2.47. The van der Waals surface area contributed by atoms with Gasteiger partial charge >= 0.3 is 6.18 Å². The highest BCUT2D eigenvalue weighted by molar-refractivity contribution is 6.53. The Labute approximate surface area is 190 Å². The van der Waals surface area contributed by atoms with E-state index in [2.05, 4.69) is 11.0 Å². The standard InChI is InChI=1S/C25H24F3N3O2/c1-24(2)14-16(19-7-4-8-20-21(19)31(24)23(33)22(20)32)15-29-9-11-30(12-10-29)18-6-3-5-17(13-18)25(26,27)28/h3-8,13-14H,9-12,15H2,1-2H3. The van der Waals surface area contributed by atoms with E-state index in [0.29, 0.717) is 49.7 Å². The number of piperazine rings is 1. The van der Waals surface area contributed by atoms with Gasteiger partial charge in [-0.25, -0.2) is 0 Å². The molecule has 0 saturated carbocycles. The first-order valence-corrected chi connectivity index (χ1v) is 10.9. The first-order chi connectivity index (χ1) is 15.6. The van der Waals surface area contributed by atoms with Crippen LogP contribution in [0.5, 0.6) is 0 Å². The number of benzene rings is 2. The van der Waals surface area contributed by atoms with Crippen LogP contribution >= 0.6 is 0 Å². The van der Waals surface area contributed by atoms with Crippen LogP contribution in [0.2, 0.25) is 0 Å². The molecule has 1 saturated heterocycles. The van der Waals surface area contributed by atoms with Gasteiger partial charge in [0.2, 0.25) is 0 Å². The highest BCUT2D eigenvalue weighted by atomic mass is 19.4. The minimum absolute atomic E-state index is 0.450. The summed E-state index contributed by atoms with van der Waals surface area (Å²) in [7, 11) is 0. The summed E-state index contributed by atoms with van der Waals surface area (Å²) in [5, 5.41) is 0. The molecule has 33 heavy (non-hydrogen) atoms. The number of para-hydroxylation sites is 1. The number of carbonyl (C=O) groups excluding carboxylic acids is 2.